The maximum absolute atomic E-state index is 12.6. The van der Waals surface area contributed by atoms with Gasteiger partial charge in [0.05, 0.1) is 5.92 Å². The van der Waals surface area contributed by atoms with Crippen molar-refractivity contribution in [2.45, 2.75) is 45.6 Å². The first-order valence-electron chi connectivity index (χ1n) is 8.31. The monoisotopic (exact) mass is 286 g/mol. The Balaban J connectivity index is 1.60. The summed E-state index contributed by atoms with van der Waals surface area (Å²) in [6.45, 7) is 5.30. The van der Waals surface area contributed by atoms with E-state index in [0.717, 1.165) is 25.3 Å². The lowest BCUT2D eigenvalue weighted by molar-refractivity contribution is -0.125. The van der Waals surface area contributed by atoms with E-state index in [2.05, 4.69) is 36.6 Å². The molecule has 1 saturated carbocycles. The van der Waals surface area contributed by atoms with Crippen molar-refractivity contribution in [2.75, 3.05) is 11.9 Å². The van der Waals surface area contributed by atoms with Crippen LogP contribution in [0.2, 0.25) is 0 Å². The van der Waals surface area contributed by atoms with E-state index in [4.69, 9.17) is 0 Å². The van der Waals surface area contributed by atoms with Crippen LogP contribution in [0.5, 0.6) is 0 Å². The fraction of sp³-hybridized carbons (Fsp3) is 0.611. The molecule has 1 aromatic carbocycles. The number of fused-ring (bicyclic) bond motifs is 1. The lowest BCUT2D eigenvalue weighted by Crippen LogP contribution is -2.44. The molecule has 4 unspecified atom stereocenters. The van der Waals surface area contributed by atoms with Gasteiger partial charge in [-0.05, 0) is 42.7 Å². The van der Waals surface area contributed by atoms with Crippen LogP contribution in [0.1, 0.15) is 38.7 Å². The van der Waals surface area contributed by atoms with Crippen molar-refractivity contribution >= 4 is 11.6 Å². The number of para-hydroxylation sites is 1. The molecule has 4 atom stereocenters. The predicted octanol–water partition coefficient (Wildman–Crippen LogP) is 3.21. The SMILES string of the molecule is CCC1CCC(NC(=O)C2CNc3ccccc3C2)C1C. The molecule has 1 heterocycles. The summed E-state index contributed by atoms with van der Waals surface area (Å²) in [5.74, 6) is 1.68. The Morgan fingerprint density at radius 2 is 2.14 bits per heavy atom. The minimum absolute atomic E-state index is 0.0628. The third-order valence-corrected chi connectivity index (χ3v) is 5.47. The van der Waals surface area contributed by atoms with Gasteiger partial charge in [-0.1, -0.05) is 38.5 Å². The van der Waals surface area contributed by atoms with Crippen LogP contribution in [-0.2, 0) is 11.2 Å². The molecule has 1 fully saturated rings. The molecule has 3 nitrogen and oxygen atoms in total. The molecule has 1 aliphatic carbocycles. The molecule has 0 aromatic heterocycles. The predicted molar refractivity (Wildman–Crippen MR) is 86.2 cm³/mol. The lowest BCUT2D eigenvalue weighted by atomic mass is 9.91. The number of hydrogen-bond acceptors (Lipinski definition) is 2. The molecule has 1 aromatic rings. The van der Waals surface area contributed by atoms with Gasteiger partial charge in [0.1, 0.15) is 0 Å². The van der Waals surface area contributed by atoms with Gasteiger partial charge in [-0.3, -0.25) is 4.79 Å². The maximum atomic E-state index is 12.6. The summed E-state index contributed by atoms with van der Waals surface area (Å²) in [5.41, 5.74) is 2.44. The van der Waals surface area contributed by atoms with Crippen LogP contribution < -0.4 is 10.6 Å². The number of carbonyl (C=O) groups is 1. The van der Waals surface area contributed by atoms with Gasteiger partial charge in [0, 0.05) is 18.3 Å². The number of carbonyl (C=O) groups excluding carboxylic acids is 1. The van der Waals surface area contributed by atoms with Crippen LogP contribution in [0.15, 0.2) is 24.3 Å². The quantitative estimate of drug-likeness (QED) is 0.896. The highest BCUT2D eigenvalue weighted by Gasteiger charge is 2.34. The Hall–Kier alpha value is -1.51. The molecular formula is C18H26N2O. The topological polar surface area (TPSA) is 41.1 Å². The van der Waals surface area contributed by atoms with Gasteiger partial charge < -0.3 is 10.6 Å². The van der Waals surface area contributed by atoms with Crippen molar-refractivity contribution in [1.82, 2.24) is 5.32 Å². The van der Waals surface area contributed by atoms with E-state index in [1.165, 1.54) is 24.1 Å². The van der Waals surface area contributed by atoms with E-state index in [1.54, 1.807) is 0 Å². The number of nitrogens with one attached hydrogen (secondary N) is 2. The number of anilines is 1. The molecular weight excluding hydrogens is 260 g/mol. The van der Waals surface area contributed by atoms with Crippen molar-refractivity contribution < 1.29 is 4.79 Å². The van der Waals surface area contributed by atoms with Crippen molar-refractivity contribution in [3.05, 3.63) is 29.8 Å². The summed E-state index contributed by atoms with van der Waals surface area (Å²) in [6, 6.07) is 8.67. The van der Waals surface area contributed by atoms with Crippen LogP contribution in [0, 0.1) is 17.8 Å². The highest BCUT2D eigenvalue weighted by molar-refractivity contribution is 5.81. The normalized spacial score (nSPS) is 31.3. The summed E-state index contributed by atoms with van der Waals surface area (Å²) in [4.78, 5) is 12.6. The molecule has 0 saturated heterocycles. The summed E-state index contributed by atoms with van der Waals surface area (Å²) in [6.07, 6.45) is 4.48. The van der Waals surface area contributed by atoms with E-state index in [9.17, 15) is 4.79 Å². The lowest BCUT2D eigenvalue weighted by Gasteiger charge is -2.28. The number of hydrogen-bond donors (Lipinski definition) is 2. The zero-order chi connectivity index (χ0) is 14.8. The van der Waals surface area contributed by atoms with E-state index < -0.39 is 0 Å². The van der Waals surface area contributed by atoms with E-state index in [1.807, 2.05) is 12.1 Å². The van der Waals surface area contributed by atoms with E-state index in [-0.39, 0.29) is 11.8 Å². The molecule has 3 heteroatoms. The molecule has 0 spiro atoms. The minimum atomic E-state index is 0.0628. The summed E-state index contributed by atoms with van der Waals surface area (Å²) in [5, 5.41) is 6.70. The highest BCUT2D eigenvalue weighted by atomic mass is 16.2. The fourth-order valence-corrected chi connectivity index (χ4v) is 3.95. The average molecular weight is 286 g/mol. The molecule has 1 aliphatic heterocycles. The second kappa shape index (κ2) is 6.08. The van der Waals surface area contributed by atoms with Gasteiger partial charge in [0.2, 0.25) is 5.91 Å². The summed E-state index contributed by atoms with van der Waals surface area (Å²) >= 11 is 0. The highest BCUT2D eigenvalue weighted by Crippen LogP contribution is 2.34. The van der Waals surface area contributed by atoms with Gasteiger partial charge >= 0.3 is 0 Å². The molecule has 114 valence electrons. The largest absolute Gasteiger partial charge is 0.384 e. The van der Waals surface area contributed by atoms with Crippen LogP contribution in [0.3, 0.4) is 0 Å². The molecule has 2 aliphatic rings. The van der Waals surface area contributed by atoms with Gasteiger partial charge in [0.25, 0.3) is 0 Å². The van der Waals surface area contributed by atoms with Crippen LogP contribution in [0.4, 0.5) is 5.69 Å². The van der Waals surface area contributed by atoms with Crippen LogP contribution in [0.25, 0.3) is 0 Å². The Bertz CT molecular complexity index is 514. The van der Waals surface area contributed by atoms with Crippen molar-refractivity contribution in [3.8, 4) is 0 Å². The molecule has 2 N–H and O–H groups in total. The fourth-order valence-electron chi connectivity index (χ4n) is 3.95. The Morgan fingerprint density at radius 3 is 2.90 bits per heavy atom. The van der Waals surface area contributed by atoms with Gasteiger partial charge in [-0.15, -0.1) is 0 Å². The Labute approximate surface area is 127 Å². The molecule has 0 radical (unpaired) electrons. The first kappa shape index (κ1) is 14.4. The summed E-state index contributed by atoms with van der Waals surface area (Å²) < 4.78 is 0. The van der Waals surface area contributed by atoms with Crippen molar-refractivity contribution in [2.24, 2.45) is 17.8 Å². The van der Waals surface area contributed by atoms with Crippen molar-refractivity contribution in [1.29, 1.82) is 0 Å². The zero-order valence-electron chi connectivity index (χ0n) is 13.1. The zero-order valence-corrected chi connectivity index (χ0v) is 13.1. The molecule has 1 amide bonds. The average Bonchev–Trinajstić information content (AvgIpc) is 2.87. The van der Waals surface area contributed by atoms with Gasteiger partial charge in [-0.25, -0.2) is 0 Å². The third-order valence-electron chi connectivity index (χ3n) is 5.47. The first-order valence-corrected chi connectivity index (χ1v) is 8.31. The molecule has 21 heavy (non-hydrogen) atoms. The first-order chi connectivity index (χ1) is 10.2. The standard InChI is InChI=1S/C18H26N2O/c1-3-13-8-9-16(12(13)2)20-18(21)15-10-14-6-4-5-7-17(14)19-11-15/h4-7,12-13,15-16,19H,3,8-11H2,1-2H3,(H,20,21). The van der Waals surface area contributed by atoms with Crippen LogP contribution >= 0.6 is 0 Å². The van der Waals surface area contributed by atoms with Gasteiger partial charge in [0.15, 0.2) is 0 Å². The van der Waals surface area contributed by atoms with E-state index >= 15 is 0 Å². The molecule has 3 rings (SSSR count). The van der Waals surface area contributed by atoms with Crippen molar-refractivity contribution in [3.63, 3.8) is 0 Å². The Morgan fingerprint density at radius 1 is 1.33 bits per heavy atom. The number of benzene rings is 1. The van der Waals surface area contributed by atoms with E-state index in [0.29, 0.717) is 12.0 Å². The second-order valence-corrected chi connectivity index (χ2v) is 6.66. The Kier molecular flexibility index (Phi) is 4.18. The molecule has 0 bridgehead atoms. The van der Waals surface area contributed by atoms with Crippen LogP contribution in [-0.4, -0.2) is 18.5 Å². The van der Waals surface area contributed by atoms with Gasteiger partial charge in [-0.2, -0.15) is 0 Å². The third kappa shape index (κ3) is 2.92. The number of amides is 1. The second-order valence-electron chi connectivity index (χ2n) is 6.66. The number of rotatable bonds is 3. The maximum Gasteiger partial charge on any atom is 0.225 e. The minimum Gasteiger partial charge on any atom is -0.384 e. The summed E-state index contributed by atoms with van der Waals surface area (Å²) in [7, 11) is 0. The smallest absolute Gasteiger partial charge is 0.225 e.